The molecule has 6 heteroatoms. The lowest BCUT2D eigenvalue weighted by Gasteiger charge is -2.21. The molecule has 2 aromatic carbocycles. The summed E-state index contributed by atoms with van der Waals surface area (Å²) < 4.78 is 16.7. The van der Waals surface area contributed by atoms with Crippen molar-refractivity contribution in [2.45, 2.75) is 33.0 Å². The number of hydrogen-bond acceptors (Lipinski definition) is 5. The molecule has 29 heavy (non-hydrogen) atoms. The second-order valence-corrected chi connectivity index (χ2v) is 6.96. The highest BCUT2D eigenvalue weighted by atomic mass is 16.6. The lowest BCUT2D eigenvalue weighted by molar-refractivity contribution is -0.126. The number of ether oxygens (including phenoxy) is 2. The van der Waals surface area contributed by atoms with E-state index in [0.717, 1.165) is 23.1 Å². The summed E-state index contributed by atoms with van der Waals surface area (Å²) in [6, 6.07) is 15.1. The number of esters is 1. The molecule has 0 spiro atoms. The number of fused-ring (bicyclic) bond motifs is 2. The molecule has 0 saturated heterocycles. The predicted octanol–water partition coefficient (Wildman–Crippen LogP) is 4.10. The highest BCUT2D eigenvalue weighted by Gasteiger charge is 2.31. The van der Waals surface area contributed by atoms with Gasteiger partial charge in [-0.25, -0.2) is 4.79 Å². The first-order valence-corrected chi connectivity index (χ1v) is 9.78. The smallest absolute Gasteiger partial charge is 0.375 e. The Morgan fingerprint density at radius 2 is 1.90 bits per heavy atom. The van der Waals surface area contributed by atoms with Crippen molar-refractivity contribution < 1.29 is 23.5 Å². The quantitative estimate of drug-likeness (QED) is 0.590. The van der Waals surface area contributed by atoms with Gasteiger partial charge in [0.15, 0.2) is 6.10 Å². The summed E-state index contributed by atoms with van der Waals surface area (Å²) in [6.45, 7) is 4.80. The molecule has 4 rings (SSSR count). The Morgan fingerprint density at radius 3 is 2.72 bits per heavy atom. The molecule has 0 fully saturated rings. The molecule has 6 nitrogen and oxygen atoms in total. The molecule has 1 aliphatic rings. The Kier molecular flexibility index (Phi) is 5.36. The summed E-state index contributed by atoms with van der Waals surface area (Å²) in [5, 5.41) is 0.806. The molecule has 3 aromatic rings. The fraction of sp³-hybridized carbons (Fsp3) is 0.304. The van der Waals surface area contributed by atoms with Crippen LogP contribution in [0.2, 0.25) is 0 Å². The summed E-state index contributed by atoms with van der Waals surface area (Å²) in [5.74, 6) is -0.823. The first-order chi connectivity index (χ1) is 14.1. The molecule has 150 valence electrons. The second kappa shape index (κ2) is 8.09. The average Bonchev–Trinajstić information content (AvgIpc) is 3.33. The van der Waals surface area contributed by atoms with E-state index in [4.69, 9.17) is 13.9 Å². The normalized spacial score (nSPS) is 14.1. The van der Waals surface area contributed by atoms with E-state index in [1.165, 1.54) is 0 Å². The zero-order valence-corrected chi connectivity index (χ0v) is 16.5. The van der Waals surface area contributed by atoms with Crippen molar-refractivity contribution in [2.24, 2.45) is 0 Å². The van der Waals surface area contributed by atoms with E-state index in [0.29, 0.717) is 24.3 Å². The van der Waals surface area contributed by atoms with Gasteiger partial charge in [-0.05, 0) is 38.0 Å². The molecule has 0 saturated carbocycles. The van der Waals surface area contributed by atoms with Crippen LogP contribution in [0.15, 0.2) is 52.9 Å². The molecule has 1 atom stereocenters. The van der Waals surface area contributed by atoms with Gasteiger partial charge in [0.1, 0.15) is 5.58 Å². The summed E-state index contributed by atoms with van der Waals surface area (Å²) in [6.07, 6.45) is -0.133. The van der Waals surface area contributed by atoms with Crippen LogP contribution in [-0.4, -0.2) is 31.1 Å². The molecule has 0 N–H and O–H groups in total. The number of nitrogens with zero attached hydrogens (tertiary/aromatic N) is 1. The first kappa shape index (κ1) is 19.2. The summed E-state index contributed by atoms with van der Waals surface area (Å²) >= 11 is 0. The third-order valence-electron chi connectivity index (χ3n) is 5.12. The van der Waals surface area contributed by atoms with E-state index < -0.39 is 12.1 Å². The maximum Gasteiger partial charge on any atom is 0.375 e. The number of amides is 1. The Bertz CT molecular complexity index is 1050. The van der Waals surface area contributed by atoms with Crippen molar-refractivity contribution in [3.05, 3.63) is 65.4 Å². The Hall–Kier alpha value is -3.12. The largest absolute Gasteiger partial charge is 0.449 e. The van der Waals surface area contributed by atoms with Crippen LogP contribution in [0, 0.1) is 0 Å². The van der Waals surface area contributed by atoms with Gasteiger partial charge >= 0.3 is 5.97 Å². The molecule has 0 aliphatic carbocycles. The molecule has 0 unspecified atom stereocenters. The van der Waals surface area contributed by atoms with Gasteiger partial charge in [0, 0.05) is 29.8 Å². The van der Waals surface area contributed by atoms with Crippen molar-refractivity contribution in [2.75, 3.05) is 18.1 Å². The summed E-state index contributed by atoms with van der Waals surface area (Å²) in [4.78, 5) is 27.4. The Morgan fingerprint density at radius 1 is 1.14 bits per heavy atom. The number of hydrogen-bond donors (Lipinski definition) is 0. The van der Waals surface area contributed by atoms with Crippen LogP contribution in [0.5, 0.6) is 0 Å². The van der Waals surface area contributed by atoms with Crippen LogP contribution in [0.4, 0.5) is 5.69 Å². The lowest BCUT2D eigenvalue weighted by Crippen LogP contribution is -2.39. The van der Waals surface area contributed by atoms with Crippen LogP contribution in [0.3, 0.4) is 0 Å². The van der Waals surface area contributed by atoms with Crippen molar-refractivity contribution in [3.8, 4) is 0 Å². The van der Waals surface area contributed by atoms with E-state index in [9.17, 15) is 9.59 Å². The predicted molar refractivity (Wildman–Crippen MR) is 109 cm³/mol. The molecule has 2 heterocycles. The summed E-state index contributed by atoms with van der Waals surface area (Å²) in [5.41, 5.74) is 3.22. The topological polar surface area (TPSA) is 69.0 Å². The zero-order valence-electron chi connectivity index (χ0n) is 16.5. The minimum absolute atomic E-state index is 0.0844. The zero-order chi connectivity index (χ0) is 20.4. The average molecular weight is 393 g/mol. The number of carbonyl (C=O) groups is 2. The van der Waals surface area contributed by atoms with Crippen LogP contribution in [0.25, 0.3) is 11.0 Å². The highest BCUT2D eigenvalue weighted by molar-refractivity contribution is 6.01. The molecule has 0 radical (unpaired) electrons. The van der Waals surface area contributed by atoms with Crippen molar-refractivity contribution in [3.63, 3.8) is 0 Å². The fourth-order valence-corrected chi connectivity index (χ4v) is 3.66. The number of anilines is 1. The SMILES string of the molecule is CCOCc1c(C(=O)O[C@H](C)C(=O)N2CCc3ccccc32)oc2ccccc12. The van der Waals surface area contributed by atoms with E-state index in [1.807, 2.05) is 49.4 Å². The third-order valence-corrected chi connectivity index (χ3v) is 5.12. The Balaban J connectivity index is 1.54. The van der Waals surface area contributed by atoms with Crippen LogP contribution >= 0.6 is 0 Å². The minimum Gasteiger partial charge on any atom is -0.449 e. The monoisotopic (exact) mass is 393 g/mol. The number of benzene rings is 2. The van der Waals surface area contributed by atoms with Crippen molar-refractivity contribution in [1.29, 1.82) is 0 Å². The van der Waals surface area contributed by atoms with Gasteiger partial charge in [0.05, 0.1) is 6.61 Å². The van der Waals surface area contributed by atoms with Gasteiger partial charge in [-0.2, -0.15) is 0 Å². The van der Waals surface area contributed by atoms with E-state index in [-0.39, 0.29) is 18.3 Å². The number of rotatable bonds is 6. The van der Waals surface area contributed by atoms with Gasteiger partial charge in [0.2, 0.25) is 5.76 Å². The summed E-state index contributed by atoms with van der Waals surface area (Å²) in [7, 11) is 0. The molecule has 1 aromatic heterocycles. The van der Waals surface area contributed by atoms with Gasteiger partial charge < -0.3 is 18.8 Å². The third kappa shape index (κ3) is 3.63. The maximum atomic E-state index is 12.9. The fourth-order valence-electron chi connectivity index (χ4n) is 3.66. The number of carbonyl (C=O) groups excluding carboxylic acids is 2. The van der Waals surface area contributed by atoms with Gasteiger partial charge in [-0.1, -0.05) is 36.4 Å². The first-order valence-electron chi connectivity index (χ1n) is 9.78. The van der Waals surface area contributed by atoms with E-state index in [1.54, 1.807) is 17.9 Å². The van der Waals surface area contributed by atoms with Crippen molar-refractivity contribution in [1.82, 2.24) is 0 Å². The minimum atomic E-state index is -0.929. The molecule has 1 amide bonds. The molecule has 0 bridgehead atoms. The van der Waals surface area contributed by atoms with Gasteiger partial charge in [-0.3, -0.25) is 4.79 Å². The van der Waals surface area contributed by atoms with Crippen LogP contribution < -0.4 is 4.90 Å². The number of furan rings is 1. The molecular formula is C23H23NO5. The Labute approximate surface area is 169 Å². The van der Waals surface area contributed by atoms with Gasteiger partial charge in [-0.15, -0.1) is 0 Å². The maximum absolute atomic E-state index is 12.9. The van der Waals surface area contributed by atoms with E-state index >= 15 is 0 Å². The van der Waals surface area contributed by atoms with E-state index in [2.05, 4.69) is 0 Å². The van der Waals surface area contributed by atoms with Crippen molar-refractivity contribution >= 4 is 28.5 Å². The highest BCUT2D eigenvalue weighted by Crippen LogP contribution is 2.30. The number of para-hydroxylation sites is 2. The van der Waals surface area contributed by atoms with Gasteiger partial charge in [0.25, 0.3) is 5.91 Å². The van der Waals surface area contributed by atoms with Crippen LogP contribution in [0.1, 0.15) is 35.5 Å². The lowest BCUT2D eigenvalue weighted by atomic mass is 10.1. The molecular weight excluding hydrogens is 370 g/mol. The standard InChI is InChI=1S/C23H23NO5/c1-3-27-14-18-17-9-5-7-11-20(17)29-21(18)23(26)28-15(2)22(25)24-13-12-16-8-4-6-10-19(16)24/h4-11,15H,3,12-14H2,1-2H3/t15-/m1/s1. The molecule has 1 aliphatic heterocycles. The van der Waals surface area contributed by atoms with Crippen LogP contribution in [-0.2, 0) is 27.3 Å². The second-order valence-electron chi connectivity index (χ2n) is 6.96.